The molecule has 108 valence electrons. The van der Waals surface area contributed by atoms with E-state index in [-0.39, 0.29) is 11.7 Å². The van der Waals surface area contributed by atoms with Gasteiger partial charge in [-0.1, -0.05) is 22.0 Å². The summed E-state index contributed by atoms with van der Waals surface area (Å²) in [6.45, 7) is 1.15. The second kappa shape index (κ2) is 5.41. The normalized spacial score (nSPS) is 13.9. The molecule has 2 aromatic carbocycles. The summed E-state index contributed by atoms with van der Waals surface area (Å²) in [5.74, 6) is 0.146. The van der Waals surface area contributed by atoms with Crippen molar-refractivity contribution < 1.29 is 9.90 Å². The van der Waals surface area contributed by atoms with E-state index in [2.05, 4.69) is 15.9 Å². The van der Waals surface area contributed by atoms with Gasteiger partial charge in [-0.05, 0) is 47.9 Å². The number of rotatable bonds is 1. The van der Waals surface area contributed by atoms with Crippen LogP contribution < -0.4 is 5.73 Å². The molecule has 1 aliphatic heterocycles. The van der Waals surface area contributed by atoms with Crippen LogP contribution in [0.25, 0.3) is 0 Å². The summed E-state index contributed by atoms with van der Waals surface area (Å²) in [6, 6.07) is 10.6. The fourth-order valence-electron chi connectivity index (χ4n) is 2.60. The van der Waals surface area contributed by atoms with Crippen molar-refractivity contribution in [2.24, 2.45) is 0 Å². The van der Waals surface area contributed by atoms with Gasteiger partial charge in [0, 0.05) is 23.2 Å². The number of nitrogens with two attached hydrogens (primary N) is 1. The molecule has 0 unspecified atom stereocenters. The molecule has 0 aromatic heterocycles. The molecule has 0 fully saturated rings. The lowest BCUT2D eigenvalue weighted by atomic mass is 9.98. The van der Waals surface area contributed by atoms with Crippen LogP contribution in [0.2, 0.25) is 0 Å². The van der Waals surface area contributed by atoms with E-state index in [9.17, 15) is 9.90 Å². The van der Waals surface area contributed by atoms with Crippen molar-refractivity contribution in [3.05, 3.63) is 57.6 Å². The van der Waals surface area contributed by atoms with E-state index in [1.807, 2.05) is 12.1 Å². The fourth-order valence-corrected chi connectivity index (χ4v) is 2.96. The maximum atomic E-state index is 12.6. The third kappa shape index (κ3) is 2.74. The van der Waals surface area contributed by atoms with Gasteiger partial charge in [-0.15, -0.1) is 0 Å². The zero-order valence-corrected chi connectivity index (χ0v) is 12.9. The predicted molar refractivity (Wildman–Crippen MR) is 85.1 cm³/mol. The van der Waals surface area contributed by atoms with E-state index in [0.717, 1.165) is 16.5 Å². The van der Waals surface area contributed by atoms with Crippen LogP contribution >= 0.6 is 15.9 Å². The molecular formula is C16H15BrN2O2. The molecule has 5 heteroatoms. The number of fused-ring (bicyclic) bond motifs is 1. The Morgan fingerprint density at radius 3 is 2.81 bits per heavy atom. The highest BCUT2D eigenvalue weighted by molar-refractivity contribution is 9.10. The van der Waals surface area contributed by atoms with Crippen molar-refractivity contribution in [2.75, 3.05) is 12.3 Å². The zero-order chi connectivity index (χ0) is 15.0. The van der Waals surface area contributed by atoms with E-state index >= 15 is 0 Å². The number of hydrogen-bond donors (Lipinski definition) is 2. The molecule has 2 aromatic rings. The largest absolute Gasteiger partial charge is 0.508 e. The maximum Gasteiger partial charge on any atom is 0.256 e. The highest BCUT2D eigenvalue weighted by Crippen LogP contribution is 2.26. The number of hydrogen-bond acceptors (Lipinski definition) is 3. The second-order valence-electron chi connectivity index (χ2n) is 5.16. The minimum absolute atomic E-state index is 0.0807. The Morgan fingerprint density at radius 1 is 1.19 bits per heavy atom. The predicted octanol–water partition coefficient (Wildman–Crippen LogP) is 2.94. The first kappa shape index (κ1) is 13.9. The monoisotopic (exact) mass is 346 g/mol. The number of benzene rings is 2. The Labute approximate surface area is 131 Å². The van der Waals surface area contributed by atoms with E-state index in [1.165, 1.54) is 5.56 Å². The lowest BCUT2D eigenvalue weighted by molar-refractivity contribution is 0.0735. The number of aromatic hydroxyl groups is 1. The molecule has 0 spiro atoms. The Kier molecular flexibility index (Phi) is 3.59. The summed E-state index contributed by atoms with van der Waals surface area (Å²) in [7, 11) is 0. The van der Waals surface area contributed by atoms with Gasteiger partial charge in [0.1, 0.15) is 5.75 Å². The van der Waals surface area contributed by atoms with Crippen molar-refractivity contribution in [1.82, 2.24) is 4.90 Å². The molecule has 0 aliphatic carbocycles. The van der Waals surface area contributed by atoms with Crippen molar-refractivity contribution in [3.8, 4) is 5.75 Å². The van der Waals surface area contributed by atoms with Crippen LogP contribution in [0.5, 0.6) is 5.75 Å². The van der Waals surface area contributed by atoms with Crippen molar-refractivity contribution in [3.63, 3.8) is 0 Å². The summed E-state index contributed by atoms with van der Waals surface area (Å²) in [5.41, 5.74) is 9.06. The van der Waals surface area contributed by atoms with Gasteiger partial charge in [0.05, 0.1) is 5.56 Å². The Hall–Kier alpha value is -2.01. The van der Waals surface area contributed by atoms with Gasteiger partial charge in [0.2, 0.25) is 0 Å². The van der Waals surface area contributed by atoms with Crippen LogP contribution in [0.4, 0.5) is 5.69 Å². The number of phenols is 1. The van der Waals surface area contributed by atoms with E-state index < -0.39 is 0 Å². The number of carbonyl (C=O) groups excluding carboxylic acids is 1. The number of anilines is 1. The summed E-state index contributed by atoms with van der Waals surface area (Å²) in [4.78, 5) is 14.4. The van der Waals surface area contributed by atoms with Crippen LogP contribution in [-0.4, -0.2) is 22.5 Å². The van der Waals surface area contributed by atoms with Gasteiger partial charge >= 0.3 is 0 Å². The molecule has 0 saturated carbocycles. The van der Waals surface area contributed by atoms with Gasteiger partial charge in [-0.2, -0.15) is 0 Å². The minimum Gasteiger partial charge on any atom is -0.508 e. The van der Waals surface area contributed by atoms with Crippen molar-refractivity contribution in [1.29, 1.82) is 0 Å². The first-order valence-electron chi connectivity index (χ1n) is 6.69. The molecule has 0 bridgehead atoms. The number of amides is 1. The van der Waals surface area contributed by atoms with Gasteiger partial charge < -0.3 is 15.7 Å². The van der Waals surface area contributed by atoms with Crippen LogP contribution in [0.15, 0.2) is 40.9 Å². The maximum absolute atomic E-state index is 12.6. The molecule has 1 aliphatic rings. The molecule has 21 heavy (non-hydrogen) atoms. The van der Waals surface area contributed by atoms with Gasteiger partial charge in [0.25, 0.3) is 5.91 Å². The van der Waals surface area contributed by atoms with E-state index in [4.69, 9.17) is 5.73 Å². The molecule has 3 rings (SSSR count). The van der Waals surface area contributed by atoms with Crippen molar-refractivity contribution in [2.45, 2.75) is 13.0 Å². The standard InChI is InChI=1S/C16H15BrN2O2/c17-12-2-4-15(18)14(8-12)16(21)19-6-5-10-1-3-13(20)7-11(10)9-19/h1-4,7-8,20H,5-6,9,18H2. The Bertz CT molecular complexity index is 715. The quantitative estimate of drug-likeness (QED) is 0.780. The van der Waals surface area contributed by atoms with E-state index in [0.29, 0.717) is 24.3 Å². The molecule has 4 nitrogen and oxygen atoms in total. The average Bonchev–Trinajstić information content (AvgIpc) is 2.48. The zero-order valence-electron chi connectivity index (χ0n) is 11.3. The van der Waals surface area contributed by atoms with Gasteiger partial charge in [-0.25, -0.2) is 0 Å². The first-order chi connectivity index (χ1) is 10.0. The van der Waals surface area contributed by atoms with Crippen LogP contribution in [0.3, 0.4) is 0 Å². The number of phenolic OH excluding ortho intramolecular Hbond substituents is 1. The fraction of sp³-hybridized carbons (Fsp3) is 0.188. The van der Waals surface area contributed by atoms with Crippen LogP contribution in [-0.2, 0) is 13.0 Å². The van der Waals surface area contributed by atoms with Crippen LogP contribution in [0, 0.1) is 0 Å². The Balaban J connectivity index is 1.88. The highest BCUT2D eigenvalue weighted by atomic mass is 79.9. The molecule has 1 amide bonds. The average molecular weight is 347 g/mol. The highest BCUT2D eigenvalue weighted by Gasteiger charge is 2.23. The van der Waals surface area contributed by atoms with Gasteiger partial charge in [-0.3, -0.25) is 4.79 Å². The van der Waals surface area contributed by atoms with Crippen molar-refractivity contribution >= 4 is 27.5 Å². The molecule has 3 N–H and O–H groups in total. The lowest BCUT2D eigenvalue weighted by Gasteiger charge is -2.29. The third-order valence-electron chi connectivity index (χ3n) is 3.74. The SMILES string of the molecule is Nc1ccc(Br)cc1C(=O)N1CCc2ccc(O)cc2C1. The summed E-state index contributed by atoms with van der Waals surface area (Å²) >= 11 is 3.36. The number of carbonyl (C=O) groups is 1. The summed E-state index contributed by atoms with van der Waals surface area (Å²) in [5, 5.41) is 9.58. The minimum atomic E-state index is -0.0807. The Morgan fingerprint density at radius 2 is 2.00 bits per heavy atom. The molecule has 0 saturated heterocycles. The molecule has 0 atom stereocenters. The van der Waals surface area contributed by atoms with E-state index in [1.54, 1.807) is 29.2 Å². The number of nitrogen functional groups attached to an aromatic ring is 1. The molecular weight excluding hydrogens is 332 g/mol. The topological polar surface area (TPSA) is 66.6 Å². The number of halogens is 1. The first-order valence-corrected chi connectivity index (χ1v) is 7.49. The second-order valence-corrected chi connectivity index (χ2v) is 6.08. The smallest absolute Gasteiger partial charge is 0.256 e. The van der Waals surface area contributed by atoms with Crippen LogP contribution in [0.1, 0.15) is 21.5 Å². The molecule has 0 radical (unpaired) electrons. The number of nitrogens with zero attached hydrogens (tertiary/aromatic N) is 1. The van der Waals surface area contributed by atoms with Gasteiger partial charge in [0.15, 0.2) is 0 Å². The summed E-state index contributed by atoms with van der Waals surface area (Å²) < 4.78 is 0.829. The molecule has 1 heterocycles. The lowest BCUT2D eigenvalue weighted by Crippen LogP contribution is -2.36. The third-order valence-corrected chi connectivity index (χ3v) is 4.23. The summed E-state index contributed by atoms with van der Waals surface area (Å²) in [6.07, 6.45) is 0.787.